The molecule has 21 heavy (non-hydrogen) atoms. The maximum atomic E-state index is 12.5. The summed E-state index contributed by atoms with van der Waals surface area (Å²) in [5, 5.41) is 2.04. The molecule has 2 aromatic rings. The second kappa shape index (κ2) is 6.19. The Bertz CT molecular complexity index is 737. The molecule has 0 amide bonds. The molecule has 0 spiro atoms. The molecule has 7 heteroatoms. The maximum absolute atomic E-state index is 12.5. The molecule has 0 aliphatic carbocycles. The summed E-state index contributed by atoms with van der Waals surface area (Å²) in [6.07, 6.45) is 0.409. The SMILES string of the molecule is C=C(C(OC(C)=O)c1nccs1)S(=O)(=O)c1ccccc1. The van der Waals surface area contributed by atoms with Crippen molar-refractivity contribution >= 4 is 27.1 Å². The zero-order valence-electron chi connectivity index (χ0n) is 11.2. The van der Waals surface area contributed by atoms with Crippen molar-refractivity contribution in [2.24, 2.45) is 0 Å². The zero-order valence-corrected chi connectivity index (χ0v) is 12.9. The van der Waals surface area contributed by atoms with Gasteiger partial charge in [-0.2, -0.15) is 0 Å². The van der Waals surface area contributed by atoms with Crippen LogP contribution in [-0.4, -0.2) is 19.4 Å². The summed E-state index contributed by atoms with van der Waals surface area (Å²) < 4.78 is 30.2. The lowest BCUT2D eigenvalue weighted by atomic mass is 10.3. The Hall–Kier alpha value is -1.99. The second-order valence-corrected chi connectivity index (χ2v) is 7.07. The molecule has 0 aliphatic rings. The lowest BCUT2D eigenvalue weighted by Crippen LogP contribution is -2.17. The molecule has 1 unspecified atom stereocenters. The van der Waals surface area contributed by atoms with E-state index in [0.29, 0.717) is 5.01 Å². The molecule has 0 N–H and O–H groups in total. The van der Waals surface area contributed by atoms with E-state index in [4.69, 9.17) is 4.74 Å². The van der Waals surface area contributed by atoms with Crippen LogP contribution >= 0.6 is 11.3 Å². The molecule has 0 fully saturated rings. The monoisotopic (exact) mass is 323 g/mol. The average Bonchev–Trinajstić information content (AvgIpc) is 2.98. The number of ether oxygens (including phenoxy) is 1. The quantitative estimate of drug-likeness (QED) is 0.791. The summed E-state index contributed by atoms with van der Waals surface area (Å²) >= 11 is 1.20. The standard InChI is InChI=1S/C14H13NO4S2/c1-10(21(17,18)12-6-4-3-5-7-12)13(19-11(2)16)14-15-8-9-20-14/h3-9,13H,1H2,2H3. The van der Waals surface area contributed by atoms with Crippen LogP contribution in [0.3, 0.4) is 0 Å². The highest BCUT2D eigenvalue weighted by Gasteiger charge is 2.31. The molecule has 1 atom stereocenters. The van der Waals surface area contributed by atoms with Gasteiger partial charge in [-0.15, -0.1) is 11.3 Å². The summed E-state index contributed by atoms with van der Waals surface area (Å²) in [5.41, 5.74) is 0. The number of nitrogens with zero attached hydrogens (tertiary/aromatic N) is 1. The molecule has 5 nitrogen and oxygen atoms in total. The summed E-state index contributed by atoms with van der Waals surface area (Å²) in [5.74, 6) is -0.598. The number of sulfone groups is 1. The Labute approximate surface area is 126 Å². The van der Waals surface area contributed by atoms with Crippen molar-refractivity contribution in [2.45, 2.75) is 17.9 Å². The highest BCUT2D eigenvalue weighted by Crippen LogP contribution is 2.33. The van der Waals surface area contributed by atoms with Gasteiger partial charge in [-0.25, -0.2) is 13.4 Å². The Morgan fingerprint density at radius 1 is 1.33 bits per heavy atom. The van der Waals surface area contributed by atoms with Gasteiger partial charge >= 0.3 is 5.97 Å². The zero-order chi connectivity index (χ0) is 15.5. The van der Waals surface area contributed by atoms with Gasteiger partial charge in [0.1, 0.15) is 5.01 Å². The Balaban J connectivity index is 2.41. The van der Waals surface area contributed by atoms with Crippen LogP contribution in [0.1, 0.15) is 18.0 Å². The number of rotatable bonds is 5. The van der Waals surface area contributed by atoms with E-state index in [1.54, 1.807) is 23.6 Å². The van der Waals surface area contributed by atoms with E-state index in [-0.39, 0.29) is 9.80 Å². The van der Waals surface area contributed by atoms with Gasteiger partial charge in [0.25, 0.3) is 0 Å². The largest absolute Gasteiger partial charge is 0.449 e. The fraction of sp³-hybridized carbons (Fsp3) is 0.143. The van der Waals surface area contributed by atoms with Gasteiger partial charge in [-0.1, -0.05) is 24.8 Å². The van der Waals surface area contributed by atoms with Crippen LogP contribution in [-0.2, 0) is 19.4 Å². The van der Waals surface area contributed by atoms with E-state index in [2.05, 4.69) is 11.6 Å². The molecule has 0 radical (unpaired) electrons. The van der Waals surface area contributed by atoms with Gasteiger partial charge in [0.2, 0.25) is 9.84 Å². The van der Waals surface area contributed by atoms with Gasteiger partial charge in [0, 0.05) is 18.5 Å². The predicted octanol–water partition coefficient (Wildman–Crippen LogP) is 2.73. The summed E-state index contributed by atoms with van der Waals surface area (Å²) in [6.45, 7) is 4.82. The molecule has 110 valence electrons. The van der Waals surface area contributed by atoms with Crippen molar-refractivity contribution in [3.8, 4) is 0 Å². The predicted molar refractivity (Wildman–Crippen MR) is 79.4 cm³/mol. The lowest BCUT2D eigenvalue weighted by Gasteiger charge is -2.17. The number of thiazole rings is 1. The molecular formula is C14H13NO4S2. The van der Waals surface area contributed by atoms with Crippen molar-refractivity contribution in [3.63, 3.8) is 0 Å². The topological polar surface area (TPSA) is 73.3 Å². The Morgan fingerprint density at radius 3 is 2.52 bits per heavy atom. The van der Waals surface area contributed by atoms with Gasteiger partial charge in [0.15, 0.2) is 6.10 Å². The number of benzene rings is 1. The third kappa shape index (κ3) is 3.37. The molecule has 1 heterocycles. The van der Waals surface area contributed by atoms with E-state index >= 15 is 0 Å². The second-order valence-electron chi connectivity index (χ2n) is 4.14. The average molecular weight is 323 g/mol. The maximum Gasteiger partial charge on any atom is 0.303 e. The van der Waals surface area contributed by atoms with Crippen LogP contribution in [0.2, 0.25) is 0 Å². The fourth-order valence-corrected chi connectivity index (χ4v) is 3.71. The molecule has 0 saturated heterocycles. The number of esters is 1. The van der Waals surface area contributed by atoms with E-state index in [1.165, 1.54) is 36.6 Å². The van der Waals surface area contributed by atoms with Crippen molar-refractivity contribution in [3.05, 3.63) is 58.4 Å². The molecule has 0 saturated carbocycles. The van der Waals surface area contributed by atoms with Gasteiger partial charge < -0.3 is 4.74 Å². The summed E-state index contributed by atoms with van der Waals surface area (Å²) in [7, 11) is -3.81. The smallest absolute Gasteiger partial charge is 0.303 e. The molecule has 1 aromatic carbocycles. The third-order valence-corrected chi connectivity index (χ3v) is 5.27. The van der Waals surface area contributed by atoms with E-state index < -0.39 is 21.9 Å². The minimum Gasteiger partial charge on any atom is -0.449 e. The van der Waals surface area contributed by atoms with Gasteiger partial charge in [0.05, 0.1) is 9.80 Å². The van der Waals surface area contributed by atoms with Gasteiger partial charge in [-0.05, 0) is 12.1 Å². The van der Waals surface area contributed by atoms with Crippen LogP contribution in [0, 0.1) is 0 Å². The van der Waals surface area contributed by atoms with E-state index in [1.807, 2.05) is 0 Å². The lowest BCUT2D eigenvalue weighted by molar-refractivity contribution is -0.144. The van der Waals surface area contributed by atoms with Crippen molar-refractivity contribution in [2.75, 3.05) is 0 Å². The van der Waals surface area contributed by atoms with Crippen LogP contribution in [0.4, 0.5) is 0 Å². The van der Waals surface area contributed by atoms with E-state index in [9.17, 15) is 13.2 Å². The van der Waals surface area contributed by atoms with Crippen molar-refractivity contribution in [1.29, 1.82) is 0 Å². The first-order valence-corrected chi connectivity index (χ1v) is 8.34. The van der Waals surface area contributed by atoms with Crippen molar-refractivity contribution < 1.29 is 17.9 Å². The normalized spacial score (nSPS) is 12.6. The fourth-order valence-electron chi connectivity index (χ4n) is 1.68. The first-order valence-electron chi connectivity index (χ1n) is 5.98. The van der Waals surface area contributed by atoms with Crippen LogP contribution in [0.5, 0.6) is 0 Å². The number of hydrogen-bond donors (Lipinski definition) is 0. The molecule has 2 rings (SSSR count). The Kier molecular flexibility index (Phi) is 4.54. The van der Waals surface area contributed by atoms with Crippen LogP contribution < -0.4 is 0 Å². The molecule has 0 bridgehead atoms. The Morgan fingerprint density at radius 2 is 2.00 bits per heavy atom. The summed E-state index contributed by atoms with van der Waals surface area (Å²) in [6, 6.07) is 7.88. The number of carbonyl (C=O) groups excluding carboxylic acids is 1. The number of carbonyl (C=O) groups is 1. The minimum absolute atomic E-state index is 0.101. The first-order chi connectivity index (χ1) is 9.93. The van der Waals surface area contributed by atoms with Crippen LogP contribution in [0.15, 0.2) is 58.3 Å². The van der Waals surface area contributed by atoms with Gasteiger partial charge in [-0.3, -0.25) is 4.79 Å². The minimum atomic E-state index is -3.81. The molecular weight excluding hydrogens is 310 g/mol. The number of hydrogen-bond acceptors (Lipinski definition) is 6. The third-order valence-electron chi connectivity index (χ3n) is 2.65. The van der Waals surface area contributed by atoms with Crippen LogP contribution in [0.25, 0.3) is 0 Å². The molecule has 1 aromatic heterocycles. The highest BCUT2D eigenvalue weighted by molar-refractivity contribution is 7.95. The first kappa shape index (κ1) is 15.4. The summed E-state index contributed by atoms with van der Waals surface area (Å²) in [4.78, 5) is 15.1. The highest BCUT2D eigenvalue weighted by atomic mass is 32.2. The number of aromatic nitrogens is 1. The molecule has 0 aliphatic heterocycles. The van der Waals surface area contributed by atoms with Crippen molar-refractivity contribution in [1.82, 2.24) is 4.98 Å². The van der Waals surface area contributed by atoms with E-state index in [0.717, 1.165) is 0 Å².